The number of hydrogen-bond acceptors (Lipinski definition) is 7. The molecule has 0 saturated heterocycles. The Morgan fingerprint density at radius 3 is 1.05 bits per heavy atom. The molecule has 0 radical (unpaired) electrons. The van der Waals surface area contributed by atoms with Crippen LogP contribution in [0.5, 0.6) is 0 Å². The van der Waals surface area contributed by atoms with Crippen LogP contribution in [0.2, 0.25) is 0 Å². The molecule has 2 aromatic carbocycles. The highest BCUT2D eigenvalue weighted by Gasteiger charge is 2.14. The standard InChI is InChI=1S/C14H34N2.C13H32N2.C12H27NO2.C12H19N.C11H25N.C6H6.2C5H13N.C3H8.3BrH.3ClH/c1-7-12-16(5,6)14-11-9-8-10-13-15(2,3)4;1-7-15(5,6)13-11-9-8-10-12-14(2,3)4;1-4-6-7-15-10-12(14)9-13-8-11(3)5-2;1-3-11(2)9-13-10-12-7-5-4-6-8-12;1-4-6-7-8-9-12-10-11(3)5-2;1-2-4-6-5-3-1;2*1-3-5(2)4-6;1-3-2;;;;;;/h7-14H2,1-6H3;7-13H2,1-6H3;11-14H,4-10H2,1-3H3;4-8,11,13H,3,9-10H2,1-2H3;11-12H,4-10H2,1-3H3;1-6H;2*5H,3-4,6H2,1-2H3;3H2,1-2H3;6*1H/q2*+2;;;;;;;;;;;;;/p-6. The molecular weight excluding hydrogens is 1480 g/mol. The molecule has 0 spiro atoms. The van der Waals surface area contributed by atoms with Gasteiger partial charge in [-0.1, -0.05) is 235 Å². The minimum atomic E-state index is -0.370. The van der Waals surface area contributed by atoms with E-state index in [-0.39, 0.29) is 94.3 Å². The molecule has 0 amide bonds. The molecule has 0 saturated carbocycles. The molecule has 0 aliphatic heterocycles. The minimum Gasteiger partial charge on any atom is -1.00 e. The lowest BCUT2D eigenvalue weighted by molar-refractivity contribution is -0.890. The van der Waals surface area contributed by atoms with Gasteiger partial charge in [-0.2, -0.15) is 0 Å². The van der Waals surface area contributed by atoms with Crippen LogP contribution < -0.4 is 116 Å². The Kier molecular flexibility index (Phi) is 124. The Labute approximate surface area is 667 Å². The minimum absolute atomic E-state index is 0. The second-order valence-electron chi connectivity index (χ2n) is 30.2. The van der Waals surface area contributed by atoms with E-state index in [4.69, 9.17) is 16.2 Å². The molecule has 0 aromatic heterocycles. The fraction of sp³-hybridized carbons (Fsp3) is 0.852. The van der Waals surface area contributed by atoms with E-state index in [9.17, 15) is 5.11 Å². The molecule has 602 valence electrons. The first-order valence-corrected chi connectivity index (χ1v) is 38.5. The molecule has 0 aliphatic carbocycles. The first kappa shape index (κ1) is 128. The van der Waals surface area contributed by atoms with Gasteiger partial charge in [-0.15, -0.1) is 0 Å². The third-order valence-corrected chi connectivity index (χ3v) is 16.5. The lowest BCUT2D eigenvalue weighted by atomic mass is 10.1. The number of quaternary nitrogens is 4. The van der Waals surface area contributed by atoms with Gasteiger partial charge in [-0.05, 0) is 152 Å². The summed E-state index contributed by atoms with van der Waals surface area (Å²) in [6.45, 7) is 52.1. The van der Waals surface area contributed by atoms with E-state index >= 15 is 0 Å². The fourth-order valence-corrected chi connectivity index (χ4v) is 8.09. The van der Waals surface area contributed by atoms with Gasteiger partial charge in [0.15, 0.2) is 0 Å². The lowest BCUT2D eigenvalue weighted by Crippen LogP contribution is -3.00. The average molecular weight is 1660 g/mol. The van der Waals surface area contributed by atoms with Crippen molar-refractivity contribution in [1.82, 2.24) is 16.0 Å². The smallest absolute Gasteiger partial charge is 0.0897 e. The quantitative estimate of drug-likeness (QED) is 0.0410. The summed E-state index contributed by atoms with van der Waals surface area (Å²) in [6.07, 6.45) is 27.2. The van der Waals surface area contributed by atoms with Crippen molar-refractivity contribution < 1.29 is 116 Å². The lowest BCUT2D eigenvalue weighted by Gasteiger charge is -2.29. The Hall–Kier alpha value is 0.310. The zero-order valence-electron chi connectivity index (χ0n) is 70.0. The van der Waals surface area contributed by atoms with Crippen molar-refractivity contribution >= 4 is 0 Å². The van der Waals surface area contributed by atoms with Gasteiger partial charge in [0.2, 0.25) is 0 Å². The van der Waals surface area contributed by atoms with Crippen molar-refractivity contribution in [2.24, 2.45) is 41.1 Å². The van der Waals surface area contributed by atoms with Crippen LogP contribution in [0.3, 0.4) is 0 Å². The third-order valence-electron chi connectivity index (χ3n) is 16.5. The van der Waals surface area contributed by atoms with Crippen LogP contribution in [0.25, 0.3) is 0 Å². The number of ether oxygens (including phenoxy) is 1. The summed E-state index contributed by atoms with van der Waals surface area (Å²) in [7, 11) is 23.0. The van der Waals surface area contributed by atoms with Gasteiger partial charge >= 0.3 is 0 Å². The van der Waals surface area contributed by atoms with Gasteiger partial charge in [-0.25, -0.2) is 0 Å². The molecule has 0 fully saturated rings. The van der Waals surface area contributed by atoms with Crippen molar-refractivity contribution in [3.05, 3.63) is 72.3 Å². The van der Waals surface area contributed by atoms with Gasteiger partial charge in [0.25, 0.3) is 0 Å². The first-order chi connectivity index (χ1) is 43.4. The topological polar surface area (TPSA) is 118 Å². The molecular formula is C81H177Br3Cl3N9O2-2. The van der Waals surface area contributed by atoms with Crippen molar-refractivity contribution in [3.8, 4) is 0 Å². The number of nitrogens with one attached hydrogen (secondary N) is 3. The van der Waals surface area contributed by atoms with Gasteiger partial charge in [0, 0.05) is 19.7 Å². The zero-order chi connectivity index (χ0) is 71.8. The molecule has 8 N–H and O–H groups in total. The number of nitrogens with two attached hydrogens (primary N) is 2. The summed E-state index contributed by atoms with van der Waals surface area (Å²) >= 11 is 0. The Morgan fingerprint density at radius 2 is 0.724 bits per heavy atom. The predicted octanol–water partition coefficient (Wildman–Crippen LogP) is 0.0224. The Bertz CT molecular complexity index is 1580. The second-order valence-corrected chi connectivity index (χ2v) is 30.2. The van der Waals surface area contributed by atoms with E-state index in [0.29, 0.717) is 30.9 Å². The molecule has 11 nitrogen and oxygen atoms in total. The summed E-state index contributed by atoms with van der Waals surface area (Å²) in [6, 6.07) is 22.5. The van der Waals surface area contributed by atoms with E-state index < -0.39 is 0 Å². The number of hydrogen-bond donors (Lipinski definition) is 6. The van der Waals surface area contributed by atoms with Gasteiger partial charge in [0.1, 0.15) is 0 Å². The van der Waals surface area contributed by atoms with Crippen molar-refractivity contribution in [1.29, 1.82) is 0 Å². The van der Waals surface area contributed by atoms with Gasteiger partial charge in [0.05, 0.1) is 122 Å². The van der Waals surface area contributed by atoms with Crippen LogP contribution in [-0.2, 0) is 11.3 Å². The molecule has 0 bridgehead atoms. The normalized spacial score (nSPS) is 12.3. The summed E-state index contributed by atoms with van der Waals surface area (Å²) in [5, 5.41) is 19.7. The van der Waals surface area contributed by atoms with Gasteiger partial charge in [-0.3, -0.25) is 0 Å². The highest BCUT2D eigenvalue weighted by atomic mass is 79.9. The molecule has 17 heteroatoms. The number of nitrogens with zero attached hydrogens (tertiary/aromatic N) is 4. The molecule has 6 unspecified atom stereocenters. The molecule has 2 rings (SSSR count). The highest BCUT2D eigenvalue weighted by molar-refractivity contribution is 5.14. The van der Waals surface area contributed by atoms with E-state index in [1.165, 1.54) is 189 Å². The first-order valence-electron chi connectivity index (χ1n) is 38.5. The van der Waals surface area contributed by atoms with Crippen LogP contribution in [0, 0.1) is 29.6 Å². The van der Waals surface area contributed by atoms with Crippen LogP contribution in [0.1, 0.15) is 251 Å². The summed E-state index contributed by atoms with van der Waals surface area (Å²) < 4.78 is 9.92. The van der Waals surface area contributed by atoms with Crippen molar-refractivity contribution in [3.63, 3.8) is 0 Å². The largest absolute Gasteiger partial charge is 1.00 e. The average Bonchev–Trinajstić information content (AvgIpc) is 3.30. The van der Waals surface area contributed by atoms with Crippen molar-refractivity contribution in [2.45, 2.75) is 258 Å². The molecule has 6 atom stereocenters. The Morgan fingerprint density at radius 1 is 0.388 bits per heavy atom. The van der Waals surface area contributed by atoms with E-state index in [1.54, 1.807) is 0 Å². The summed E-state index contributed by atoms with van der Waals surface area (Å²) in [4.78, 5) is 0. The maximum absolute atomic E-state index is 9.55. The van der Waals surface area contributed by atoms with Gasteiger partial charge < -0.3 is 143 Å². The third kappa shape index (κ3) is 126. The maximum Gasteiger partial charge on any atom is 0.0897 e. The number of rotatable bonds is 44. The Balaban J connectivity index is -0.0000000770. The number of benzene rings is 2. The maximum atomic E-state index is 9.55. The van der Waals surface area contributed by atoms with E-state index in [2.05, 4.69) is 228 Å². The molecule has 0 heterocycles. The predicted molar refractivity (Wildman–Crippen MR) is 420 cm³/mol. The summed E-state index contributed by atoms with van der Waals surface area (Å²) in [5.74, 6) is 3.73. The SMILES string of the molecule is CCC.CCC(C)CN.CCC(C)CN.CCC(C)CNCc1ccccc1.CCCCCCNCC(C)CC.CCCCOCC(O)CNCC(C)CC.CCC[N+](C)(C)CCCCCC[N+](C)(C)C.CC[N+](C)(C)CCCCCC[N+](C)(C)C.[Br-].[Br-].[Br-].[Cl-].[Cl-].[Cl-].c1ccccc1. The van der Waals surface area contributed by atoms with E-state index in [1.807, 2.05) is 36.4 Å². The molecule has 98 heavy (non-hydrogen) atoms. The molecule has 2 aromatic rings. The fourth-order valence-electron chi connectivity index (χ4n) is 8.09. The number of aliphatic hydroxyl groups is 1. The highest BCUT2D eigenvalue weighted by Crippen LogP contribution is 2.10. The number of halogens is 6. The van der Waals surface area contributed by atoms with E-state index in [0.717, 1.165) is 73.0 Å². The summed E-state index contributed by atoms with van der Waals surface area (Å²) in [5.41, 5.74) is 11.9. The monoisotopic (exact) mass is 1650 g/mol. The van der Waals surface area contributed by atoms with Crippen molar-refractivity contribution in [2.75, 3.05) is 169 Å². The number of unbranched alkanes of at least 4 members (excludes halogenated alkanes) is 10. The van der Waals surface area contributed by atoms with Crippen LogP contribution >= 0.6 is 0 Å². The molecule has 0 aliphatic rings. The zero-order valence-corrected chi connectivity index (χ0v) is 77.1. The van der Waals surface area contributed by atoms with Crippen LogP contribution in [0.4, 0.5) is 0 Å². The van der Waals surface area contributed by atoms with Crippen LogP contribution in [0.15, 0.2) is 66.7 Å². The number of aliphatic hydroxyl groups excluding tert-OH is 1. The van der Waals surface area contributed by atoms with Crippen LogP contribution in [-0.4, -0.2) is 198 Å². The second kappa shape index (κ2) is 95.3.